The zero-order chi connectivity index (χ0) is 25.5. The summed E-state index contributed by atoms with van der Waals surface area (Å²) >= 11 is 0. The van der Waals surface area contributed by atoms with Crippen LogP contribution in [0.5, 0.6) is 0 Å². The Morgan fingerprint density at radius 2 is 1.66 bits per heavy atom. The Morgan fingerprint density at radius 3 is 2.23 bits per heavy atom. The van der Waals surface area contributed by atoms with Crippen molar-refractivity contribution in [1.82, 2.24) is 10.2 Å². The average Bonchev–Trinajstić information content (AvgIpc) is 3.02. The van der Waals surface area contributed by atoms with Gasteiger partial charge in [-0.3, -0.25) is 29.4 Å². The average molecular weight is 496 g/mol. The molecule has 1 aromatic carbocycles. The van der Waals surface area contributed by atoms with Crippen molar-refractivity contribution in [2.75, 3.05) is 31.1 Å². The molecule has 0 aliphatic carbocycles. The SMILES string of the molecule is O=C([O-])C(F)(F)F.O=C1CCC(N2C(=O)c3ccc(N4CC5(CC[NH2+]CC5)C4)cc3C2=O)C(=O)N1. The van der Waals surface area contributed by atoms with Crippen LogP contribution in [-0.4, -0.2) is 72.9 Å². The highest BCUT2D eigenvalue weighted by Crippen LogP contribution is 2.41. The molecule has 4 amide bonds. The summed E-state index contributed by atoms with van der Waals surface area (Å²) in [6, 6.07) is 4.44. The fourth-order valence-corrected chi connectivity index (χ4v) is 5.00. The van der Waals surface area contributed by atoms with Crippen LogP contribution < -0.4 is 20.6 Å². The molecule has 5 rings (SSSR count). The minimum absolute atomic E-state index is 0.127. The molecule has 4 aliphatic heterocycles. The van der Waals surface area contributed by atoms with E-state index in [9.17, 15) is 32.3 Å². The largest absolute Gasteiger partial charge is 0.542 e. The molecule has 1 unspecified atom stereocenters. The summed E-state index contributed by atoms with van der Waals surface area (Å²) < 4.78 is 31.5. The first kappa shape index (κ1) is 24.6. The number of hydrogen-bond donors (Lipinski definition) is 2. The van der Waals surface area contributed by atoms with E-state index in [0.29, 0.717) is 16.5 Å². The third kappa shape index (κ3) is 4.72. The maximum absolute atomic E-state index is 12.9. The first-order chi connectivity index (χ1) is 16.4. The number of alkyl halides is 3. The normalized spacial score (nSPS) is 23.3. The van der Waals surface area contributed by atoms with Crippen molar-refractivity contribution in [3.63, 3.8) is 0 Å². The van der Waals surface area contributed by atoms with E-state index in [1.807, 2.05) is 6.07 Å². The number of benzene rings is 1. The number of piperidine rings is 2. The van der Waals surface area contributed by atoms with Crippen LogP contribution in [0, 0.1) is 5.41 Å². The fraction of sp³-hybridized carbons (Fsp3) is 0.500. The maximum atomic E-state index is 12.9. The second kappa shape index (κ2) is 8.95. The molecular weight excluding hydrogens is 473 g/mol. The quantitative estimate of drug-likeness (QED) is 0.477. The van der Waals surface area contributed by atoms with Crippen molar-refractivity contribution in [2.45, 2.75) is 37.9 Å². The molecule has 3 N–H and O–H groups in total. The maximum Gasteiger partial charge on any atom is 0.430 e. The summed E-state index contributed by atoms with van der Waals surface area (Å²) in [4.78, 5) is 61.3. The summed E-state index contributed by atoms with van der Waals surface area (Å²) in [7, 11) is 0. The lowest BCUT2D eigenvalue weighted by molar-refractivity contribution is -0.668. The number of fused-ring (bicyclic) bond motifs is 1. The van der Waals surface area contributed by atoms with Crippen LogP contribution in [0.3, 0.4) is 0 Å². The minimum Gasteiger partial charge on any atom is -0.542 e. The Balaban J connectivity index is 0.000000364. The highest BCUT2D eigenvalue weighted by molar-refractivity contribution is 6.23. The van der Waals surface area contributed by atoms with E-state index in [1.54, 1.807) is 12.1 Å². The number of amides is 4. The van der Waals surface area contributed by atoms with Gasteiger partial charge in [-0.1, -0.05) is 0 Å². The number of carbonyl (C=O) groups is 5. The van der Waals surface area contributed by atoms with E-state index in [4.69, 9.17) is 9.90 Å². The van der Waals surface area contributed by atoms with Crippen LogP contribution in [0.1, 0.15) is 46.4 Å². The number of quaternary nitrogens is 1. The highest BCUT2D eigenvalue weighted by atomic mass is 19.4. The van der Waals surface area contributed by atoms with Crippen LogP contribution >= 0.6 is 0 Å². The van der Waals surface area contributed by atoms with Crippen LogP contribution in [0.2, 0.25) is 0 Å². The van der Waals surface area contributed by atoms with E-state index in [-0.39, 0.29) is 18.7 Å². The highest BCUT2D eigenvalue weighted by Gasteiger charge is 2.47. The zero-order valence-electron chi connectivity index (χ0n) is 18.5. The van der Waals surface area contributed by atoms with Gasteiger partial charge in [-0.2, -0.15) is 13.2 Å². The van der Waals surface area contributed by atoms with Gasteiger partial charge >= 0.3 is 6.18 Å². The molecule has 4 aliphatic rings. The molecule has 3 saturated heterocycles. The van der Waals surface area contributed by atoms with Crippen LogP contribution in [0.4, 0.5) is 18.9 Å². The fourth-order valence-electron chi connectivity index (χ4n) is 5.00. The summed E-state index contributed by atoms with van der Waals surface area (Å²) in [6.45, 7) is 4.31. The number of anilines is 1. The predicted molar refractivity (Wildman–Crippen MR) is 110 cm³/mol. The van der Waals surface area contributed by atoms with Gasteiger partial charge < -0.3 is 20.1 Å². The molecule has 1 spiro atoms. The van der Waals surface area contributed by atoms with Gasteiger partial charge in [-0.05, 0) is 24.6 Å². The van der Waals surface area contributed by atoms with Gasteiger partial charge in [-0.25, -0.2) is 0 Å². The second-order valence-electron chi connectivity index (χ2n) is 9.18. The molecule has 3 fully saturated rings. The standard InChI is InChI=1S/C20H22N4O4.C2HF3O2/c25-16-4-3-15(17(26)22-16)24-18(27)13-2-1-12(9-14(13)19(24)28)23-10-20(11-23)5-7-21-8-6-20;3-2(4,5)1(6)7/h1-2,9,15,21H,3-8,10-11H2,(H,22,25,26);(H,6,7). The molecule has 0 radical (unpaired) electrons. The van der Waals surface area contributed by atoms with Gasteiger partial charge in [0.1, 0.15) is 12.0 Å². The number of rotatable bonds is 2. The summed E-state index contributed by atoms with van der Waals surface area (Å²) in [6.07, 6.45) is -2.46. The van der Waals surface area contributed by atoms with E-state index in [2.05, 4.69) is 15.5 Å². The number of nitrogens with two attached hydrogens (primary N) is 1. The smallest absolute Gasteiger partial charge is 0.430 e. The molecule has 13 heteroatoms. The van der Waals surface area contributed by atoms with Gasteiger partial charge in [0.15, 0.2) is 0 Å². The Labute approximate surface area is 197 Å². The lowest BCUT2D eigenvalue weighted by Crippen LogP contribution is -2.88. The first-order valence-corrected chi connectivity index (χ1v) is 11.1. The molecule has 35 heavy (non-hydrogen) atoms. The molecular formula is C22H23F3N4O6. The molecule has 1 atom stereocenters. The van der Waals surface area contributed by atoms with Gasteiger partial charge in [0, 0.05) is 43.5 Å². The van der Waals surface area contributed by atoms with Crippen molar-refractivity contribution >= 4 is 35.3 Å². The van der Waals surface area contributed by atoms with Gasteiger partial charge in [0.05, 0.1) is 24.2 Å². The van der Waals surface area contributed by atoms with Crippen LogP contribution in [-0.2, 0) is 14.4 Å². The minimum atomic E-state index is -5.19. The number of carbonyl (C=O) groups excluding carboxylic acids is 5. The molecule has 4 heterocycles. The Bertz CT molecular complexity index is 1090. The number of carboxylic acid groups (broad SMARTS) is 1. The number of nitrogens with zero attached hydrogens (tertiary/aromatic N) is 2. The predicted octanol–water partition coefficient (Wildman–Crippen LogP) is -1.45. The number of halogens is 3. The summed E-state index contributed by atoms with van der Waals surface area (Å²) in [5, 5.41) is 13.4. The Morgan fingerprint density at radius 1 is 1.06 bits per heavy atom. The van der Waals surface area contributed by atoms with Gasteiger partial charge in [0.25, 0.3) is 11.8 Å². The number of nitrogens with one attached hydrogen (secondary N) is 1. The van der Waals surface area contributed by atoms with E-state index in [1.165, 1.54) is 25.9 Å². The Hall–Kier alpha value is -3.48. The van der Waals surface area contributed by atoms with Gasteiger partial charge in [0.2, 0.25) is 11.8 Å². The van der Waals surface area contributed by atoms with Crippen molar-refractivity contribution in [3.05, 3.63) is 29.3 Å². The molecule has 0 aromatic heterocycles. The number of carboxylic acids is 1. The number of aliphatic carboxylic acids is 1. The van der Waals surface area contributed by atoms with Crippen LogP contribution in [0.15, 0.2) is 18.2 Å². The molecule has 1 aromatic rings. The lowest BCUT2D eigenvalue weighted by atomic mass is 9.72. The van der Waals surface area contributed by atoms with Crippen molar-refractivity contribution < 1.29 is 47.6 Å². The summed E-state index contributed by atoms with van der Waals surface area (Å²) in [5.74, 6) is -4.85. The van der Waals surface area contributed by atoms with Crippen LogP contribution in [0.25, 0.3) is 0 Å². The van der Waals surface area contributed by atoms with Crippen molar-refractivity contribution in [1.29, 1.82) is 0 Å². The van der Waals surface area contributed by atoms with Crippen molar-refractivity contribution in [3.8, 4) is 0 Å². The second-order valence-corrected chi connectivity index (χ2v) is 9.18. The zero-order valence-corrected chi connectivity index (χ0v) is 18.5. The monoisotopic (exact) mass is 496 g/mol. The first-order valence-electron chi connectivity index (χ1n) is 11.1. The molecule has 10 nitrogen and oxygen atoms in total. The molecule has 0 saturated carbocycles. The van der Waals surface area contributed by atoms with E-state index >= 15 is 0 Å². The van der Waals surface area contributed by atoms with Crippen molar-refractivity contribution in [2.24, 2.45) is 5.41 Å². The number of imide groups is 2. The van der Waals surface area contributed by atoms with Gasteiger partial charge in [-0.15, -0.1) is 0 Å². The van der Waals surface area contributed by atoms with E-state index < -0.39 is 35.9 Å². The van der Waals surface area contributed by atoms with E-state index in [0.717, 1.165) is 23.7 Å². The Kier molecular flexibility index (Phi) is 6.30. The molecule has 188 valence electrons. The topological polar surface area (TPSA) is 144 Å². The third-order valence-electron chi connectivity index (χ3n) is 6.83. The lowest BCUT2D eigenvalue weighted by Gasteiger charge is -2.52. The number of hydrogen-bond acceptors (Lipinski definition) is 7. The third-order valence-corrected chi connectivity index (χ3v) is 6.83. The molecule has 0 bridgehead atoms. The summed E-state index contributed by atoms with van der Waals surface area (Å²) in [5.41, 5.74) is 2.03.